The second kappa shape index (κ2) is 10.5. The second-order valence-electron chi connectivity index (χ2n) is 4.26. The molecule has 0 aliphatic heterocycles. The van der Waals surface area contributed by atoms with Crippen LogP contribution in [0.1, 0.15) is 33.6 Å². The Balaban J connectivity index is 2.33. The zero-order chi connectivity index (χ0) is 15.6. The molecule has 9 heteroatoms. The minimum atomic E-state index is -2.48. The summed E-state index contributed by atoms with van der Waals surface area (Å²) in [6.45, 7) is 7.83. The van der Waals surface area contributed by atoms with Crippen molar-refractivity contribution < 1.29 is 13.3 Å². The molecule has 0 unspecified atom stereocenters. The molecular formula is C12H25N3O3S2Si. The summed E-state index contributed by atoms with van der Waals surface area (Å²) in [7, 11) is -2.48. The van der Waals surface area contributed by atoms with E-state index in [0.717, 1.165) is 29.8 Å². The van der Waals surface area contributed by atoms with Crippen molar-refractivity contribution in [3.8, 4) is 0 Å². The van der Waals surface area contributed by atoms with Gasteiger partial charge in [0.25, 0.3) is 0 Å². The number of hydrogen-bond acceptors (Lipinski definition) is 6. The first-order valence-corrected chi connectivity index (χ1v) is 10.7. The molecule has 0 fully saturated rings. The molecule has 0 spiro atoms. The Kier molecular flexibility index (Phi) is 9.44. The number of nitrogens with zero attached hydrogens (tertiary/aromatic N) is 1. The maximum absolute atomic E-state index is 5.83. The van der Waals surface area contributed by atoms with E-state index in [9.17, 15) is 0 Å². The van der Waals surface area contributed by atoms with Crippen LogP contribution in [0.4, 0.5) is 0 Å². The summed E-state index contributed by atoms with van der Waals surface area (Å²) in [5.74, 6) is 0.977. The lowest BCUT2D eigenvalue weighted by Gasteiger charge is -2.28. The predicted octanol–water partition coefficient (Wildman–Crippen LogP) is 3.39. The third-order valence-corrected chi connectivity index (χ3v) is 6.99. The number of hydrogen-bond donors (Lipinski definition) is 2. The average Bonchev–Trinajstić information content (AvgIpc) is 2.85. The van der Waals surface area contributed by atoms with Gasteiger partial charge in [0.2, 0.25) is 4.77 Å². The van der Waals surface area contributed by atoms with E-state index >= 15 is 0 Å². The number of aromatic amines is 2. The van der Waals surface area contributed by atoms with Crippen LogP contribution in [-0.2, 0) is 13.3 Å². The van der Waals surface area contributed by atoms with Crippen LogP contribution in [0.15, 0.2) is 5.16 Å². The first-order valence-electron chi connectivity index (χ1n) is 7.35. The molecule has 1 heterocycles. The van der Waals surface area contributed by atoms with Gasteiger partial charge in [0, 0.05) is 31.6 Å². The molecule has 0 atom stereocenters. The van der Waals surface area contributed by atoms with Gasteiger partial charge in [-0.2, -0.15) is 4.98 Å². The Morgan fingerprint density at radius 3 is 2.14 bits per heavy atom. The van der Waals surface area contributed by atoms with Gasteiger partial charge in [0.05, 0.1) is 0 Å². The van der Waals surface area contributed by atoms with Gasteiger partial charge in [-0.3, -0.25) is 10.2 Å². The van der Waals surface area contributed by atoms with Crippen LogP contribution in [0.5, 0.6) is 0 Å². The van der Waals surface area contributed by atoms with Crippen molar-refractivity contribution in [2.75, 3.05) is 25.6 Å². The smallest absolute Gasteiger partial charge is 0.374 e. The summed E-state index contributed by atoms with van der Waals surface area (Å²) in [6.07, 6.45) is 2.07. The monoisotopic (exact) mass is 351 g/mol. The Labute approximate surface area is 136 Å². The summed E-state index contributed by atoms with van der Waals surface area (Å²) in [6, 6.07) is 0.861. The van der Waals surface area contributed by atoms with Gasteiger partial charge in [-0.05, 0) is 45.8 Å². The normalized spacial score (nSPS) is 12.0. The molecule has 1 aromatic rings. The third kappa shape index (κ3) is 7.07. The fourth-order valence-corrected chi connectivity index (χ4v) is 5.64. The van der Waals surface area contributed by atoms with Gasteiger partial charge in [-0.1, -0.05) is 11.8 Å². The number of aromatic nitrogens is 3. The number of unbranched alkanes of at least 4 members (excludes halogenated alkanes) is 1. The highest BCUT2D eigenvalue weighted by molar-refractivity contribution is 7.99. The first kappa shape index (κ1) is 18.9. The number of H-pyrrole nitrogens is 2. The molecule has 6 nitrogen and oxygen atoms in total. The van der Waals surface area contributed by atoms with Crippen LogP contribution < -0.4 is 0 Å². The Bertz CT molecular complexity index is 424. The van der Waals surface area contributed by atoms with E-state index in [-0.39, 0.29) is 0 Å². The maximum Gasteiger partial charge on any atom is 0.500 e. The highest BCUT2D eigenvalue weighted by atomic mass is 32.2. The van der Waals surface area contributed by atoms with Crippen molar-refractivity contribution in [1.82, 2.24) is 15.2 Å². The minimum Gasteiger partial charge on any atom is -0.374 e. The van der Waals surface area contributed by atoms with E-state index in [2.05, 4.69) is 15.2 Å². The standard InChI is InChI=1S/C12H25N3O3S2Si/c1-4-16-21(17-5-2,18-6-3)10-8-7-9-20-12-13-11(19)14-15-12/h4-10H2,1-3H3,(H2,13,14,15,19). The summed E-state index contributed by atoms with van der Waals surface area (Å²) >= 11 is 6.58. The van der Waals surface area contributed by atoms with Gasteiger partial charge >= 0.3 is 8.80 Å². The van der Waals surface area contributed by atoms with Crippen molar-refractivity contribution in [2.45, 2.75) is 44.8 Å². The molecular weight excluding hydrogens is 326 g/mol. The molecule has 0 radical (unpaired) electrons. The van der Waals surface area contributed by atoms with E-state index in [4.69, 9.17) is 25.5 Å². The molecule has 0 bridgehead atoms. The first-order chi connectivity index (χ1) is 10.2. The van der Waals surface area contributed by atoms with Gasteiger partial charge in [0.1, 0.15) is 0 Å². The highest BCUT2D eigenvalue weighted by Gasteiger charge is 2.39. The van der Waals surface area contributed by atoms with E-state index in [0.29, 0.717) is 24.6 Å². The fraction of sp³-hybridized carbons (Fsp3) is 0.833. The zero-order valence-electron chi connectivity index (χ0n) is 12.9. The molecule has 1 rings (SSSR count). The molecule has 122 valence electrons. The number of rotatable bonds is 12. The maximum atomic E-state index is 5.83. The lowest BCUT2D eigenvalue weighted by Crippen LogP contribution is -2.45. The van der Waals surface area contributed by atoms with E-state index in [1.165, 1.54) is 0 Å². The SMILES string of the molecule is CCO[Si](CCCCSc1nc(=S)[nH][nH]1)(OCC)OCC. The Morgan fingerprint density at radius 2 is 1.67 bits per heavy atom. The lowest BCUT2D eigenvalue weighted by molar-refractivity contribution is 0.0708. The van der Waals surface area contributed by atoms with Gasteiger partial charge < -0.3 is 13.3 Å². The highest BCUT2D eigenvalue weighted by Crippen LogP contribution is 2.21. The van der Waals surface area contributed by atoms with Crippen LogP contribution in [-0.4, -0.2) is 49.6 Å². The molecule has 0 aliphatic carbocycles. The van der Waals surface area contributed by atoms with E-state index in [1.807, 2.05) is 20.8 Å². The molecule has 21 heavy (non-hydrogen) atoms. The van der Waals surface area contributed by atoms with Gasteiger partial charge in [-0.15, -0.1) is 0 Å². The average molecular weight is 352 g/mol. The Morgan fingerprint density at radius 1 is 1.05 bits per heavy atom. The predicted molar refractivity (Wildman–Crippen MR) is 89.2 cm³/mol. The molecule has 0 saturated heterocycles. The lowest BCUT2D eigenvalue weighted by atomic mass is 10.4. The van der Waals surface area contributed by atoms with Crippen molar-refractivity contribution in [3.63, 3.8) is 0 Å². The summed E-state index contributed by atoms with van der Waals surface area (Å²) in [4.78, 5) is 4.15. The number of thioether (sulfide) groups is 1. The molecule has 0 saturated carbocycles. The van der Waals surface area contributed by atoms with Gasteiger partial charge in [0.15, 0.2) is 5.16 Å². The molecule has 0 aromatic carbocycles. The number of nitrogens with one attached hydrogen (secondary N) is 2. The van der Waals surface area contributed by atoms with Crippen LogP contribution in [0.2, 0.25) is 6.04 Å². The van der Waals surface area contributed by atoms with Crippen LogP contribution in [0.3, 0.4) is 0 Å². The summed E-state index contributed by atoms with van der Waals surface area (Å²) in [5, 5.41) is 6.56. The van der Waals surface area contributed by atoms with Crippen LogP contribution in [0.25, 0.3) is 0 Å². The summed E-state index contributed by atoms with van der Waals surface area (Å²) in [5.41, 5.74) is 0. The van der Waals surface area contributed by atoms with Crippen molar-refractivity contribution in [1.29, 1.82) is 0 Å². The topological polar surface area (TPSA) is 72.2 Å². The zero-order valence-corrected chi connectivity index (χ0v) is 15.6. The van der Waals surface area contributed by atoms with Crippen LogP contribution >= 0.6 is 24.0 Å². The van der Waals surface area contributed by atoms with E-state index in [1.54, 1.807) is 11.8 Å². The quantitative estimate of drug-likeness (QED) is 0.260. The largest absolute Gasteiger partial charge is 0.500 e. The molecule has 2 N–H and O–H groups in total. The third-order valence-electron chi connectivity index (χ3n) is 2.69. The molecule has 1 aromatic heterocycles. The van der Waals surface area contributed by atoms with Crippen molar-refractivity contribution in [3.05, 3.63) is 4.77 Å². The minimum absolute atomic E-state index is 0.493. The second-order valence-corrected chi connectivity index (χ2v) is 8.46. The van der Waals surface area contributed by atoms with E-state index < -0.39 is 8.80 Å². The molecule has 0 amide bonds. The molecule has 0 aliphatic rings. The summed E-state index contributed by atoms with van der Waals surface area (Å²) < 4.78 is 18.0. The van der Waals surface area contributed by atoms with Crippen molar-refractivity contribution >= 4 is 32.8 Å². The Hall–Kier alpha value is -0.193. The van der Waals surface area contributed by atoms with Crippen molar-refractivity contribution in [2.24, 2.45) is 0 Å². The van der Waals surface area contributed by atoms with Gasteiger partial charge in [-0.25, -0.2) is 0 Å². The van der Waals surface area contributed by atoms with Crippen LogP contribution in [0, 0.1) is 4.77 Å². The fourth-order valence-electron chi connectivity index (χ4n) is 1.94.